The number of ether oxygens (including phenoxy) is 1. The normalized spacial score (nSPS) is 10.1. The highest BCUT2D eigenvalue weighted by molar-refractivity contribution is 6.33. The fourth-order valence-corrected chi connectivity index (χ4v) is 2.08. The Morgan fingerprint density at radius 3 is 2.04 bits per heavy atom. The second-order valence-electron chi connectivity index (χ2n) is 5.13. The summed E-state index contributed by atoms with van der Waals surface area (Å²) >= 11 is 0. The van der Waals surface area contributed by atoms with Crippen LogP contribution in [0.25, 0.3) is 0 Å². The van der Waals surface area contributed by atoms with Gasteiger partial charge >= 0.3 is 5.97 Å². The summed E-state index contributed by atoms with van der Waals surface area (Å²) < 4.78 is 4.96. The van der Waals surface area contributed by atoms with Crippen LogP contribution in [0.15, 0.2) is 60.7 Å². The standard InChI is InChI=1S/C19H18O4/c20-17(16-10-5-2-6-11-16)12-7-13-18(21)19(22)23-14-15-8-3-1-4-9-15/h1-6,8-11H,7,12-14H2. The molecule has 0 spiro atoms. The van der Waals surface area contributed by atoms with E-state index in [1.165, 1.54) is 0 Å². The van der Waals surface area contributed by atoms with Gasteiger partial charge in [0.2, 0.25) is 5.78 Å². The van der Waals surface area contributed by atoms with Crippen molar-refractivity contribution in [2.45, 2.75) is 25.9 Å². The van der Waals surface area contributed by atoms with Crippen LogP contribution >= 0.6 is 0 Å². The molecule has 0 saturated carbocycles. The second kappa shape index (κ2) is 8.63. The molecule has 2 aromatic rings. The highest BCUT2D eigenvalue weighted by Gasteiger charge is 2.16. The molecule has 0 amide bonds. The maximum atomic E-state index is 11.9. The number of Topliss-reactive ketones (excluding diaryl/α,β-unsaturated/α-hetero) is 2. The topological polar surface area (TPSA) is 60.4 Å². The van der Waals surface area contributed by atoms with E-state index in [0.29, 0.717) is 12.0 Å². The summed E-state index contributed by atoms with van der Waals surface area (Å²) in [6.45, 7) is 0.0777. The first-order chi connectivity index (χ1) is 11.2. The molecule has 0 radical (unpaired) electrons. The fourth-order valence-electron chi connectivity index (χ4n) is 2.08. The van der Waals surface area contributed by atoms with Crippen molar-refractivity contribution >= 4 is 17.5 Å². The molecule has 0 N–H and O–H groups in total. The highest BCUT2D eigenvalue weighted by Crippen LogP contribution is 2.08. The van der Waals surface area contributed by atoms with Crippen molar-refractivity contribution in [2.24, 2.45) is 0 Å². The fraction of sp³-hybridized carbons (Fsp3) is 0.211. The molecule has 118 valence electrons. The van der Waals surface area contributed by atoms with E-state index in [0.717, 1.165) is 5.56 Å². The number of esters is 1. The van der Waals surface area contributed by atoms with E-state index in [1.807, 2.05) is 36.4 Å². The summed E-state index contributed by atoms with van der Waals surface area (Å²) in [4.78, 5) is 35.2. The molecule has 0 heterocycles. The van der Waals surface area contributed by atoms with Crippen LogP contribution in [0.5, 0.6) is 0 Å². The van der Waals surface area contributed by atoms with Gasteiger partial charge in [0.15, 0.2) is 5.78 Å². The van der Waals surface area contributed by atoms with E-state index in [9.17, 15) is 14.4 Å². The van der Waals surface area contributed by atoms with Crippen LogP contribution in [0.2, 0.25) is 0 Å². The van der Waals surface area contributed by atoms with Crippen molar-refractivity contribution in [3.8, 4) is 0 Å². The molecule has 4 heteroatoms. The van der Waals surface area contributed by atoms with Gasteiger partial charge in [-0.1, -0.05) is 60.7 Å². The molecular formula is C19H18O4. The largest absolute Gasteiger partial charge is 0.455 e. The minimum atomic E-state index is -0.846. The molecular weight excluding hydrogens is 292 g/mol. The molecule has 0 unspecified atom stereocenters. The van der Waals surface area contributed by atoms with Crippen molar-refractivity contribution in [2.75, 3.05) is 0 Å². The molecule has 0 aliphatic rings. The minimum Gasteiger partial charge on any atom is -0.455 e. The number of carbonyl (C=O) groups is 3. The average Bonchev–Trinajstić information content (AvgIpc) is 2.61. The Labute approximate surface area is 135 Å². The Morgan fingerprint density at radius 2 is 1.39 bits per heavy atom. The Morgan fingerprint density at radius 1 is 0.783 bits per heavy atom. The number of hydrogen-bond donors (Lipinski definition) is 0. The maximum Gasteiger partial charge on any atom is 0.374 e. The third-order valence-corrected chi connectivity index (χ3v) is 3.34. The SMILES string of the molecule is O=C(CCCC(=O)c1ccccc1)C(=O)OCc1ccccc1. The minimum absolute atomic E-state index is 0.0200. The Balaban J connectivity index is 1.70. The number of carbonyl (C=O) groups excluding carboxylic acids is 3. The average molecular weight is 310 g/mol. The van der Waals surface area contributed by atoms with E-state index in [-0.39, 0.29) is 25.2 Å². The molecule has 0 bridgehead atoms. The number of hydrogen-bond acceptors (Lipinski definition) is 4. The van der Waals surface area contributed by atoms with E-state index < -0.39 is 11.8 Å². The number of benzene rings is 2. The molecule has 0 atom stereocenters. The van der Waals surface area contributed by atoms with Crippen LogP contribution in [0.3, 0.4) is 0 Å². The predicted octanol–water partition coefficient (Wildman–Crippen LogP) is 3.35. The van der Waals surface area contributed by atoms with Gasteiger partial charge in [-0.3, -0.25) is 9.59 Å². The first-order valence-electron chi connectivity index (χ1n) is 7.49. The lowest BCUT2D eigenvalue weighted by molar-refractivity contribution is -0.154. The van der Waals surface area contributed by atoms with E-state index >= 15 is 0 Å². The summed E-state index contributed by atoms with van der Waals surface area (Å²) in [5, 5.41) is 0. The summed E-state index contributed by atoms with van der Waals surface area (Å²) in [7, 11) is 0. The van der Waals surface area contributed by atoms with Gasteiger partial charge in [-0.25, -0.2) is 4.79 Å². The van der Waals surface area contributed by atoms with Gasteiger partial charge < -0.3 is 4.74 Å². The van der Waals surface area contributed by atoms with Crippen LogP contribution in [0.1, 0.15) is 35.2 Å². The van der Waals surface area contributed by atoms with Gasteiger partial charge in [0.1, 0.15) is 6.61 Å². The highest BCUT2D eigenvalue weighted by atomic mass is 16.5. The van der Waals surface area contributed by atoms with Crippen LogP contribution < -0.4 is 0 Å². The van der Waals surface area contributed by atoms with Crippen molar-refractivity contribution in [3.05, 3.63) is 71.8 Å². The molecule has 0 saturated heterocycles. The summed E-state index contributed by atoms with van der Waals surface area (Å²) in [5.74, 6) is -1.47. The third kappa shape index (κ3) is 5.51. The van der Waals surface area contributed by atoms with Crippen molar-refractivity contribution < 1.29 is 19.1 Å². The van der Waals surface area contributed by atoms with Gasteiger partial charge in [0.25, 0.3) is 0 Å². The molecule has 2 rings (SSSR count). The Kier molecular flexibility index (Phi) is 6.24. The first-order valence-corrected chi connectivity index (χ1v) is 7.49. The number of rotatable bonds is 8. The van der Waals surface area contributed by atoms with Gasteiger partial charge in [0, 0.05) is 18.4 Å². The molecule has 0 fully saturated rings. The molecule has 2 aromatic carbocycles. The lowest BCUT2D eigenvalue weighted by atomic mass is 10.0. The molecule has 23 heavy (non-hydrogen) atoms. The first kappa shape index (κ1) is 16.6. The monoisotopic (exact) mass is 310 g/mol. The lowest BCUT2D eigenvalue weighted by Gasteiger charge is -2.04. The Bertz CT molecular complexity index is 662. The molecule has 0 aliphatic carbocycles. The van der Waals surface area contributed by atoms with Crippen molar-refractivity contribution in [1.82, 2.24) is 0 Å². The van der Waals surface area contributed by atoms with Crippen LogP contribution in [0, 0.1) is 0 Å². The lowest BCUT2D eigenvalue weighted by Crippen LogP contribution is -2.17. The van der Waals surface area contributed by atoms with E-state index in [2.05, 4.69) is 0 Å². The van der Waals surface area contributed by atoms with E-state index in [4.69, 9.17) is 4.74 Å². The second-order valence-corrected chi connectivity index (χ2v) is 5.13. The molecule has 4 nitrogen and oxygen atoms in total. The van der Waals surface area contributed by atoms with E-state index in [1.54, 1.807) is 24.3 Å². The van der Waals surface area contributed by atoms with Gasteiger partial charge in [0.05, 0.1) is 0 Å². The zero-order valence-electron chi connectivity index (χ0n) is 12.7. The zero-order chi connectivity index (χ0) is 16.5. The van der Waals surface area contributed by atoms with Crippen LogP contribution in [-0.2, 0) is 20.9 Å². The third-order valence-electron chi connectivity index (χ3n) is 3.34. The van der Waals surface area contributed by atoms with Crippen molar-refractivity contribution in [3.63, 3.8) is 0 Å². The Hall–Kier alpha value is -2.75. The summed E-state index contributed by atoms with van der Waals surface area (Å²) in [5.41, 5.74) is 1.44. The van der Waals surface area contributed by atoms with Gasteiger partial charge in [-0.2, -0.15) is 0 Å². The molecule has 0 aromatic heterocycles. The van der Waals surface area contributed by atoms with Crippen molar-refractivity contribution in [1.29, 1.82) is 0 Å². The van der Waals surface area contributed by atoms with Crippen LogP contribution in [0.4, 0.5) is 0 Å². The van der Waals surface area contributed by atoms with Crippen LogP contribution in [-0.4, -0.2) is 17.5 Å². The van der Waals surface area contributed by atoms with Gasteiger partial charge in [-0.05, 0) is 12.0 Å². The van der Waals surface area contributed by atoms with Gasteiger partial charge in [-0.15, -0.1) is 0 Å². The number of ketones is 2. The maximum absolute atomic E-state index is 11.9. The smallest absolute Gasteiger partial charge is 0.374 e. The zero-order valence-corrected chi connectivity index (χ0v) is 12.7. The summed E-state index contributed by atoms with van der Waals surface area (Å²) in [6, 6.07) is 18.0. The summed E-state index contributed by atoms with van der Waals surface area (Å²) in [6.07, 6.45) is 0.598. The quantitative estimate of drug-likeness (QED) is 0.426. The molecule has 0 aliphatic heterocycles. The predicted molar refractivity (Wildman–Crippen MR) is 85.9 cm³/mol.